The monoisotopic (exact) mass is 814 g/mol. The Bertz CT molecular complexity index is 1610. The number of guanidine groups is 1. The number of aliphatic imine (C=N–C) groups is 1. The van der Waals surface area contributed by atoms with E-state index in [-0.39, 0.29) is 37.7 Å². The maximum atomic E-state index is 13.3. The SMILES string of the molecule is CC[C@H](C)[C@H](N)C(=O)NCC(=O)N[C@@H](CCCCNCc1cccc(C#N)c1)C(=O)NCC(=O)N[C@H](C(=O)N[C@@H](C)C(=O)N[C@@H](CCCN=C(N)N)C(=O)O)C(C)C. The predicted molar refractivity (Wildman–Crippen MR) is 216 cm³/mol. The number of hydrogen-bond acceptors (Lipinski definition) is 11. The van der Waals surface area contributed by atoms with Crippen molar-refractivity contribution >= 4 is 47.4 Å². The molecule has 0 bridgehead atoms. The van der Waals surface area contributed by atoms with E-state index in [2.05, 4.69) is 48.3 Å². The van der Waals surface area contributed by atoms with Crippen LogP contribution in [0.25, 0.3) is 0 Å². The number of nitrogens with two attached hydrogens (primary N) is 3. The molecule has 0 fully saturated rings. The number of carbonyl (C=O) groups excluding carboxylic acids is 6. The van der Waals surface area contributed by atoms with Gasteiger partial charge in [0.05, 0.1) is 30.8 Å². The average molecular weight is 815 g/mol. The van der Waals surface area contributed by atoms with E-state index in [4.69, 9.17) is 22.5 Å². The smallest absolute Gasteiger partial charge is 0.326 e. The third-order valence-corrected chi connectivity index (χ3v) is 9.12. The molecule has 1 rings (SSSR count). The highest BCUT2D eigenvalue weighted by atomic mass is 16.4. The van der Waals surface area contributed by atoms with Crippen LogP contribution in [0.1, 0.15) is 84.3 Å². The first kappa shape index (κ1) is 50.2. The second-order valence-corrected chi connectivity index (χ2v) is 14.3. The van der Waals surface area contributed by atoms with Crippen LogP contribution in [0, 0.1) is 23.2 Å². The van der Waals surface area contributed by atoms with E-state index in [1.807, 2.05) is 19.9 Å². The third kappa shape index (κ3) is 19.9. The number of hydrogen-bond donors (Lipinski definition) is 11. The Balaban J connectivity index is 2.83. The van der Waals surface area contributed by atoms with Crippen molar-refractivity contribution in [1.29, 1.82) is 5.26 Å². The number of rotatable bonds is 27. The average Bonchev–Trinajstić information content (AvgIpc) is 3.18. The summed E-state index contributed by atoms with van der Waals surface area (Å²) in [6.45, 7) is 8.66. The van der Waals surface area contributed by atoms with Gasteiger partial charge in [-0.1, -0.05) is 46.2 Å². The molecule has 6 atom stereocenters. The van der Waals surface area contributed by atoms with Crippen molar-refractivity contribution in [2.75, 3.05) is 26.2 Å². The Kier molecular flexibility index (Phi) is 23.3. The number of nitrogens with one attached hydrogen (secondary N) is 7. The largest absolute Gasteiger partial charge is 0.480 e. The fraction of sp³-hybridized carbons (Fsp3) is 0.605. The Morgan fingerprint density at radius 3 is 2.05 bits per heavy atom. The molecule has 0 aliphatic carbocycles. The number of carboxylic acid groups (broad SMARTS) is 1. The molecule has 1 aromatic carbocycles. The molecule has 0 saturated carbocycles. The van der Waals surface area contributed by atoms with Crippen LogP contribution in [0.4, 0.5) is 0 Å². The normalized spacial score (nSPS) is 13.9. The van der Waals surface area contributed by atoms with Crippen molar-refractivity contribution in [3.05, 3.63) is 35.4 Å². The first-order chi connectivity index (χ1) is 27.4. The van der Waals surface area contributed by atoms with E-state index in [0.717, 1.165) is 5.56 Å². The zero-order valence-corrected chi connectivity index (χ0v) is 34.1. The molecule has 6 amide bonds. The number of nitriles is 1. The lowest BCUT2D eigenvalue weighted by Gasteiger charge is -2.25. The van der Waals surface area contributed by atoms with E-state index in [0.29, 0.717) is 37.9 Å². The Morgan fingerprint density at radius 2 is 1.45 bits per heavy atom. The lowest BCUT2D eigenvalue weighted by atomic mass is 9.99. The van der Waals surface area contributed by atoms with Crippen LogP contribution >= 0.6 is 0 Å². The van der Waals surface area contributed by atoms with Gasteiger partial charge in [-0.2, -0.15) is 5.26 Å². The summed E-state index contributed by atoms with van der Waals surface area (Å²) in [6, 6.07) is 3.83. The molecule has 0 aromatic heterocycles. The van der Waals surface area contributed by atoms with Crippen LogP contribution in [0.5, 0.6) is 0 Å². The first-order valence-electron chi connectivity index (χ1n) is 19.4. The predicted octanol–water partition coefficient (Wildman–Crippen LogP) is -1.82. The van der Waals surface area contributed by atoms with Gasteiger partial charge in [0, 0.05) is 13.1 Å². The van der Waals surface area contributed by atoms with Crippen molar-refractivity contribution in [2.45, 2.75) is 110 Å². The fourth-order valence-corrected chi connectivity index (χ4v) is 5.37. The van der Waals surface area contributed by atoms with Crippen molar-refractivity contribution in [2.24, 2.45) is 34.0 Å². The van der Waals surface area contributed by atoms with Crippen molar-refractivity contribution in [3.8, 4) is 6.07 Å². The number of aliphatic carboxylic acids is 1. The maximum absolute atomic E-state index is 13.3. The molecule has 14 N–H and O–H groups in total. The minimum atomic E-state index is -1.28. The van der Waals surface area contributed by atoms with Crippen LogP contribution in [-0.4, -0.2) is 109 Å². The van der Waals surface area contributed by atoms with E-state index >= 15 is 0 Å². The summed E-state index contributed by atoms with van der Waals surface area (Å²) in [5, 5.41) is 36.9. The highest BCUT2D eigenvalue weighted by molar-refractivity contribution is 5.95. The second kappa shape index (κ2) is 26.9. The van der Waals surface area contributed by atoms with E-state index in [1.165, 1.54) is 6.92 Å². The molecular weight excluding hydrogens is 752 g/mol. The molecule has 20 heteroatoms. The van der Waals surface area contributed by atoms with Gasteiger partial charge in [0.1, 0.15) is 24.2 Å². The highest BCUT2D eigenvalue weighted by Gasteiger charge is 2.29. The number of carboxylic acids is 1. The molecule has 1 aromatic rings. The number of benzene rings is 1. The molecule has 0 aliphatic rings. The summed E-state index contributed by atoms with van der Waals surface area (Å²) in [4.78, 5) is 92.9. The molecule has 58 heavy (non-hydrogen) atoms. The van der Waals surface area contributed by atoms with Crippen molar-refractivity contribution in [3.63, 3.8) is 0 Å². The number of unbranched alkanes of at least 4 members (excludes halogenated alkanes) is 1. The van der Waals surface area contributed by atoms with Gasteiger partial charge in [-0.25, -0.2) is 4.79 Å². The third-order valence-electron chi connectivity index (χ3n) is 9.12. The van der Waals surface area contributed by atoms with Gasteiger partial charge >= 0.3 is 5.97 Å². The molecule has 0 spiro atoms. The van der Waals surface area contributed by atoms with Gasteiger partial charge in [-0.3, -0.25) is 33.8 Å². The van der Waals surface area contributed by atoms with Gasteiger partial charge in [-0.15, -0.1) is 0 Å². The molecule has 0 heterocycles. The molecule has 0 radical (unpaired) electrons. The topological polar surface area (TPSA) is 338 Å². The summed E-state index contributed by atoms with van der Waals surface area (Å²) in [5.74, 6) is -6.04. The maximum Gasteiger partial charge on any atom is 0.326 e. The zero-order chi connectivity index (χ0) is 43.8. The molecule has 0 saturated heterocycles. The van der Waals surface area contributed by atoms with Gasteiger partial charge in [0.15, 0.2) is 5.96 Å². The zero-order valence-electron chi connectivity index (χ0n) is 34.1. The summed E-state index contributed by atoms with van der Waals surface area (Å²) >= 11 is 0. The summed E-state index contributed by atoms with van der Waals surface area (Å²) in [5.41, 5.74) is 18.0. The quantitative estimate of drug-likeness (QED) is 0.0265. The molecule has 0 unspecified atom stereocenters. The lowest BCUT2D eigenvalue weighted by Crippen LogP contribution is -2.57. The van der Waals surface area contributed by atoms with Gasteiger partial charge in [-0.05, 0) is 75.1 Å². The van der Waals surface area contributed by atoms with Gasteiger partial charge in [0.25, 0.3) is 0 Å². The van der Waals surface area contributed by atoms with Gasteiger partial charge in [0.2, 0.25) is 35.4 Å². The number of nitrogens with zero attached hydrogens (tertiary/aromatic N) is 2. The van der Waals surface area contributed by atoms with Crippen molar-refractivity contribution < 1.29 is 38.7 Å². The summed E-state index contributed by atoms with van der Waals surface area (Å²) in [7, 11) is 0. The molecule has 20 nitrogen and oxygen atoms in total. The molecule has 322 valence electrons. The minimum absolute atomic E-state index is 0.0285. The van der Waals surface area contributed by atoms with E-state index < -0.39 is 90.6 Å². The van der Waals surface area contributed by atoms with Crippen LogP contribution in [-0.2, 0) is 40.1 Å². The second-order valence-electron chi connectivity index (χ2n) is 14.3. The highest BCUT2D eigenvalue weighted by Crippen LogP contribution is 2.08. The summed E-state index contributed by atoms with van der Waals surface area (Å²) in [6.07, 6.45) is 2.27. The fourth-order valence-electron chi connectivity index (χ4n) is 5.37. The summed E-state index contributed by atoms with van der Waals surface area (Å²) < 4.78 is 0. The first-order valence-corrected chi connectivity index (χ1v) is 19.4. The molecule has 0 aliphatic heterocycles. The number of carbonyl (C=O) groups is 7. The van der Waals surface area contributed by atoms with Crippen LogP contribution in [0.3, 0.4) is 0 Å². The van der Waals surface area contributed by atoms with Crippen LogP contribution in [0.15, 0.2) is 29.3 Å². The Hall–Kier alpha value is -5.81. The Labute approximate surface area is 339 Å². The minimum Gasteiger partial charge on any atom is -0.480 e. The standard InChI is InChI=1S/C38H62N12O8/c1-6-23(4)31(40)35(55)46-20-29(51)48-27(13-7-8-15-43-19-26-12-9-11-25(17-26)18-39)34(54)45-21-30(52)50-32(22(2)3)36(56)47-24(5)33(53)49-28(37(57)58)14-10-16-44-38(41)42/h9,11-12,17,22-24,27-28,31-32,43H,6-8,10,13-16,19-21,40H2,1-5H3,(H,45,54)(H,46,55)(H,47,56)(H,48,51)(H,49,53)(H,50,52)(H,57,58)(H4,41,42,44)/t23-,24-,27-,28-,31-,32-/m0/s1. The lowest BCUT2D eigenvalue weighted by molar-refractivity contribution is -0.142. The van der Waals surface area contributed by atoms with E-state index in [9.17, 15) is 38.7 Å². The molecular formula is C38H62N12O8. The Morgan fingerprint density at radius 1 is 0.810 bits per heavy atom. The van der Waals surface area contributed by atoms with Crippen LogP contribution in [0.2, 0.25) is 0 Å². The number of amides is 6. The van der Waals surface area contributed by atoms with Crippen molar-refractivity contribution in [1.82, 2.24) is 37.2 Å². The van der Waals surface area contributed by atoms with E-state index in [1.54, 1.807) is 32.0 Å². The van der Waals surface area contributed by atoms with Gasteiger partial charge < -0.3 is 59.5 Å². The van der Waals surface area contributed by atoms with Crippen LogP contribution < -0.4 is 54.4 Å².